The largest absolute Gasteiger partial charge is 0.492 e. The summed E-state index contributed by atoms with van der Waals surface area (Å²) in [4.78, 5) is 15.3. The third kappa shape index (κ3) is 6.15. The second-order valence-electron chi connectivity index (χ2n) is 8.78. The van der Waals surface area contributed by atoms with E-state index in [1.807, 2.05) is 6.92 Å². The van der Waals surface area contributed by atoms with Crippen molar-refractivity contribution in [2.24, 2.45) is 0 Å². The fourth-order valence-electron chi connectivity index (χ4n) is 4.04. The Kier molecular flexibility index (Phi) is 7.88. The van der Waals surface area contributed by atoms with Crippen molar-refractivity contribution in [3.63, 3.8) is 0 Å². The lowest BCUT2D eigenvalue weighted by Gasteiger charge is -2.26. The topological polar surface area (TPSA) is 88.2 Å². The van der Waals surface area contributed by atoms with E-state index in [2.05, 4.69) is 41.4 Å². The predicted octanol–water partition coefficient (Wildman–Crippen LogP) is 3.02. The summed E-state index contributed by atoms with van der Waals surface area (Å²) in [5.74, 6) is 0.258. The Morgan fingerprint density at radius 1 is 1.15 bits per heavy atom. The molecule has 34 heavy (non-hydrogen) atoms. The Hall–Kier alpha value is -2.46. The quantitative estimate of drug-likeness (QED) is 0.554. The molecule has 0 spiro atoms. The molecule has 9 heteroatoms. The predicted molar refractivity (Wildman–Crippen MR) is 130 cm³/mol. The van der Waals surface area contributed by atoms with Gasteiger partial charge in [0.1, 0.15) is 5.75 Å². The third-order valence-corrected chi connectivity index (χ3v) is 7.94. The fourth-order valence-corrected chi connectivity index (χ4v) is 5.48. The number of nitrogens with zero attached hydrogens (tertiary/aromatic N) is 2. The van der Waals surface area contributed by atoms with Crippen LogP contribution >= 0.6 is 0 Å². The first-order valence-electron chi connectivity index (χ1n) is 11.8. The molecule has 0 aromatic heterocycles. The van der Waals surface area contributed by atoms with Crippen LogP contribution in [-0.2, 0) is 26.1 Å². The van der Waals surface area contributed by atoms with Crippen molar-refractivity contribution in [3.8, 4) is 5.75 Å². The van der Waals surface area contributed by atoms with Crippen molar-refractivity contribution >= 4 is 21.6 Å². The van der Waals surface area contributed by atoms with Crippen molar-refractivity contribution in [1.29, 1.82) is 0 Å². The number of hydrogen-bond donors (Lipinski definition) is 1. The Bertz CT molecular complexity index is 1090. The number of carbonyl (C=O) groups excluding carboxylic acids is 1. The van der Waals surface area contributed by atoms with Gasteiger partial charge in [-0.25, -0.2) is 8.42 Å². The summed E-state index contributed by atoms with van der Waals surface area (Å²) in [6, 6.07) is 13.4. The van der Waals surface area contributed by atoms with Crippen LogP contribution in [0.25, 0.3) is 0 Å². The van der Waals surface area contributed by atoms with Crippen LogP contribution in [0.1, 0.15) is 30.9 Å². The number of morpholine rings is 1. The Morgan fingerprint density at radius 3 is 2.50 bits per heavy atom. The highest BCUT2D eigenvalue weighted by Crippen LogP contribution is 2.31. The maximum Gasteiger partial charge on any atom is 0.243 e. The van der Waals surface area contributed by atoms with Crippen molar-refractivity contribution in [3.05, 3.63) is 53.6 Å². The lowest BCUT2D eigenvalue weighted by Crippen LogP contribution is -2.40. The minimum Gasteiger partial charge on any atom is -0.492 e. The molecule has 1 N–H and O–H groups in total. The minimum absolute atomic E-state index is 0.131. The molecule has 1 saturated carbocycles. The van der Waals surface area contributed by atoms with Crippen LogP contribution < -0.4 is 10.1 Å². The van der Waals surface area contributed by atoms with Gasteiger partial charge >= 0.3 is 0 Å². The molecule has 2 aromatic carbocycles. The van der Waals surface area contributed by atoms with Gasteiger partial charge in [-0.1, -0.05) is 29.8 Å². The zero-order valence-electron chi connectivity index (χ0n) is 19.8. The number of amides is 1. The molecule has 1 saturated heterocycles. The van der Waals surface area contributed by atoms with Crippen molar-refractivity contribution < 1.29 is 22.7 Å². The van der Waals surface area contributed by atoms with Gasteiger partial charge in [-0.15, -0.1) is 0 Å². The van der Waals surface area contributed by atoms with Gasteiger partial charge < -0.3 is 14.8 Å². The first-order chi connectivity index (χ1) is 16.4. The van der Waals surface area contributed by atoms with Crippen molar-refractivity contribution in [1.82, 2.24) is 9.21 Å². The van der Waals surface area contributed by atoms with E-state index in [1.165, 1.54) is 27.6 Å². The maximum absolute atomic E-state index is 13.1. The first kappa shape index (κ1) is 24.7. The van der Waals surface area contributed by atoms with Gasteiger partial charge in [0, 0.05) is 25.7 Å². The van der Waals surface area contributed by atoms with Crippen LogP contribution in [0.3, 0.4) is 0 Å². The molecular formula is C25H33N3O5S. The van der Waals surface area contributed by atoms with Gasteiger partial charge in [-0.2, -0.15) is 4.31 Å². The van der Waals surface area contributed by atoms with E-state index in [-0.39, 0.29) is 17.3 Å². The Labute approximate surface area is 201 Å². The molecule has 1 aliphatic heterocycles. The van der Waals surface area contributed by atoms with E-state index in [1.54, 1.807) is 6.07 Å². The first-order valence-corrected chi connectivity index (χ1v) is 13.2. The molecule has 1 amide bonds. The molecule has 1 aliphatic carbocycles. The number of aryl methyl sites for hydroxylation is 1. The molecule has 2 fully saturated rings. The summed E-state index contributed by atoms with van der Waals surface area (Å²) in [7, 11) is -3.69. The van der Waals surface area contributed by atoms with Gasteiger partial charge in [0.05, 0.1) is 36.9 Å². The monoisotopic (exact) mass is 487 g/mol. The highest BCUT2D eigenvalue weighted by atomic mass is 32.2. The van der Waals surface area contributed by atoms with E-state index in [9.17, 15) is 13.2 Å². The summed E-state index contributed by atoms with van der Waals surface area (Å²) < 4.78 is 38.6. The summed E-state index contributed by atoms with van der Waals surface area (Å²) in [5, 5.41) is 2.91. The van der Waals surface area contributed by atoms with E-state index in [0.29, 0.717) is 56.9 Å². The third-order valence-electron chi connectivity index (χ3n) is 6.05. The SMILES string of the molecule is CCOc1ccc(S(=O)(=O)N2CCOCC2)cc1NC(=O)CN(Cc1ccc(C)cc1)C1CC1. The number of sulfonamides is 1. The maximum atomic E-state index is 13.1. The van der Waals surface area contributed by atoms with Crippen LogP contribution in [0.15, 0.2) is 47.4 Å². The number of nitrogens with one attached hydrogen (secondary N) is 1. The molecule has 1 heterocycles. The van der Waals surface area contributed by atoms with E-state index < -0.39 is 10.0 Å². The van der Waals surface area contributed by atoms with Gasteiger partial charge in [-0.05, 0) is 50.5 Å². The van der Waals surface area contributed by atoms with Crippen LogP contribution in [0, 0.1) is 6.92 Å². The lowest BCUT2D eigenvalue weighted by molar-refractivity contribution is -0.117. The molecular weight excluding hydrogens is 454 g/mol. The molecule has 0 unspecified atom stereocenters. The van der Waals surface area contributed by atoms with Gasteiger partial charge in [-0.3, -0.25) is 9.69 Å². The minimum atomic E-state index is -3.69. The molecule has 2 aliphatic rings. The molecule has 0 bridgehead atoms. The second-order valence-corrected chi connectivity index (χ2v) is 10.7. The zero-order chi connectivity index (χ0) is 24.1. The smallest absolute Gasteiger partial charge is 0.243 e. The Morgan fingerprint density at radius 2 is 1.85 bits per heavy atom. The highest BCUT2D eigenvalue weighted by molar-refractivity contribution is 7.89. The average molecular weight is 488 g/mol. The summed E-state index contributed by atoms with van der Waals surface area (Å²) in [5.41, 5.74) is 2.74. The number of carbonyl (C=O) groups is 1. The molecule has 4 rings (SSSR count). The van der Waals surface area contributed by atoms with Gasteiger partial charge in [0.2, 0.25) is 15.9 Å². The normalized spacial score (nSPS) is 17.0. The fraction of sp³-hybridized carbons (Fsp3) is 0.480. The van der Waals surface area contributed by atoms with Crippen LogP contribution in [0.2, 0.25) is 0 Å². The van der Waals surface area contributed by atoms with E-state index in [0.717, 1.165) is 12.8 Å². The highest BCUT2D eigenvalue weighted by Gasteiger charge is 2.31. The number of anilines is 1. The number of benzene rings is 2. The van der Waals surface area contributed by atoms with Crippen LogP contribution in [-0.4, -0.2) is 69.0 Å². The summed E-state index contributed by atoms with van der Waals surface area (Å²) in [6.07, 6.45) is 2.16. The summed E-state index contributed by atoms with van der Waals surface area (Å²) >= 11 is 0. The van der Waals surface area contributed by atoms with Crippen molar-refractivity contribution in [2.75, 3.05) is 44.8 Å². The number of hydrogen-bond acceptors (Lipinski definition) is 6. The standard InChI is InChI=1S/C25H33N3O5S/c1-3-33-24-11-10-22(34(30,31)28-12-14-32-15-13-28)16-23(24)26-25(29)18-27(21-8-9-21)17-20-6-4-19(2)5-7-20/h4-7,10-11,16,21H,3,8-9,12-15,17-18H2,1-2H3,(H,26,29). The average Bonchev–Trinajstić information content (AvgIpc) is 3.67. The van der Waals surface area contributed by atoms with Gasteiger partial charge in [0.15, 0.2) is 0 Å². The number of rotatable bonds is 10. The van der Waals surface area contributed by atoms with Crippen LogP contribution in [0.4, 0.5) is 5.69 Å². The summed E-state index contributed by atoms with van der Waals surface area (Å²) in [6.45, 7) is 6.60. The van der Waals surface area contributed by atoms with Crippen molar-refractivity contribution in [2.45, 2.75) is 44.2 Å². The zero-order valence-corrected chi connectivity index (χ0v) is 20.6. The molecule has 8 nitrogen and oxygen atoms in total. The second kappa shape index (κ2) is 10.9. The molecule has 0 radical (unpaired) electrons. The molecule has 184 valence electrons. The molecule has 2 aromatic rings. The number of ether oxygens (including phenoxy) is 2. The molecule has 0 atom stereocenters. The lowest BCUT2D eigenvalue weighted by atomic mass is 10.1. The van der Waals surface area contributed by atoms with Gasteiger partial charge in [0.25, 0.3) is 0 Å². The Balaban J connectivity index is 1.49. The van der Waals surface area contributed by atoms with E-state index >= 15 is 0 Å². The van der Waals surface area contributed by atoms with Crippen LogP contribution in [0.5, 0.6) is 5.75 Å². The van der Waals surface area contributed by atoms with E-state index in [4.69, 9.17) is 9.47 Å².